The van der Waals surface area contributed by atoms with Gasteiger partial charge in [0.25, 0.3) is 0 Å². The summed E-state index contributed by atoms with van der Waals surface area (Å²) in [7, 11) is 0. The van der Waals surface area contributed by atoms with Gasteiger partial charge in [-0.15, -0.1) is 12.4 Å². The van der Waals surface area contributed by atoms with E-state index in [-0.39, 0.29) is 24.8 Å². The summed E-state index contributed by atoms with van der Waals surface area (Å²) in [5.41, 5.74) is 0.753. The average molecular weight is 231 g/mol. The van der Waals surface area contributed by atoms with Crippen LogP contribution in [0.3, 0.4) is 0 Å². The van der Waals surface area contributed by atoms with Crippen LogP contribution in [0.25, 0.3) is 0 Å². The van der Waals surface area contributed by atoms with Gasteiger partial charge in [-0.2, -0.15) is 0 Å². The number of fused-ring (bicyclic) bond motifs is 1. The Balaban J connectivity index is 0.00000112. The van der Waals surface area contributed by atoms with Gasteiger partial charge in [-0.25, -0.2) is 0 Å². The quantitative estimate of drug-likeness (QED) is 0.766. The molecule has 1 heterocycles. The summed E-state index contributed by atoms with van der Waals surface area (Å²) in [5.74, 6) is -0.568. The third-order valence-corrected chi connectivity index (χ3v) is 2.30. The predicted molar refractivity (Wildman–Crippen MR) is 55.7 cm³/mol. The van der Waals surface area contributed by atoms with Gasteiger partial charge in [0.05, 0.1) is 5.92 Å². The molecule has 0 aromatic heterocycles. The van der Waals surface area contributed by atoms with E-state index in [9.17, 15) is 9.90 Å². The lowest BCUT2D eigenvalue weighted by atomic mass is 9.97. The van der Waals surface area contributed by atoms with Crippen LogP contribution in [-0.2, 0) is 11.2 Å². The molecule has 0 aliphatic carbocycles. The van der Waals surface area contributed by atoms with Crippen LogP contribution in [0, 0.1) is 5.92 Å². The molecule has 0 saturated heterocycles. The molecule has 5 heteroatoms. The zero-order valence-electron chi connectivity index (χ0n) is 7.84. The second-order valence-electron chi connectivity index (χ2n) is 3.34. The van der Waals surface area contributed by atoms with Crippen molar-refractivity contribution in [3.63, 3.8) is 0 Å². The summed E-state index contributed by atoms with van der Waals surface area (Å²) < 4.78 is 5.26. The van der Waals surface area contributed by atoms with E-state index in [1.54, 1.807) is 12.1 Å². The molecule has 0 radical (unpaired) electrons. The van der Waals surface area contributed by atoms with E-state index in [0.29, 0.717) is 12.2 Å². The van der Waals surface area contributed by atoms with E-state index < -0.39 is 11.9 Å². The van der Waals surface area contributed by atoms with Gasteiger partial charge in [0.15, 0.2) is 0 Å². The minimum absolute atomic E-state index is 0. The van der Waals surface area contributed by atoms with Crippen LogP contribution in [0.15, 0.2) is 18.2 Å². The lowest BCUT2D eigenvalue weighted by Crippen LogP contribution is -2.27. The minimum Gasteiger partial charge on any atom is -0.508 e. The SMILES string of the molecule is Cl.O=C(O)C1COc2ccc(O)cc2C1. The molecule has 0 fully saturated rings. The molecular weight excluding hydrogens is 220 g/mol. The predicted octanol–water partition coefficient (Wildman–Crippen LogP) is 1.45. The van der Waals surface area contributed by atoms with Crippen molar-refractivity contribution in [1.82, 2.24) is 0 Å². The minimum atomic E-state index is -0.862. The standard InChI is InChI=1S/C10H10O4.ClH/c11-8-1-2-9-6(4-8)3-7(5-14-9)10(12)13;/h1-2,4,7,11H,3,5H2,(H,12,13);1H. The largest absolute Gasteiger partial charge is 0.508 e. The van der Waals surface area contributed by atoms with Crippen molar-refractivity contribution in [3.8, 4) is 11.5 Å². The van der Waals surface area contributed by atoms with Crippen LogP contribution >= 0.6 is 12.4 Å². The molecule has 2 N–H and O–H groups in total. The molecule has 4 nitrogen and oxygen atoms in total. The molecular formula is C10H11ClO4. The van der Waals surface area contributed by atoms with Gasteiger partial charge in [-0.1, -0.05) is 0 Å². The zero-order valence-corrected chi connectivity index (χ0v) is 8.66. The number of ether oxygens (including phenoxy) is 1. The van der Waals surface area contributed by atoms with E-state index >= 15 is 0 Å². The molecule has 1 unspecified atom stereocenters. The summed E-state index contributed by atoms with van der Waals surface area (Å²) >= 11 is 0. The first-order valence-electron chi connectivity index (χ1n) is 4.34. The Labute approximate surface area is 92.9 Å². The number of aromatic hydroxyl groups is 1. The highest BCUT2D eigenvalue weighted by atomic mass is 35.5. The van der Waals surface area contributed by atoms with Crippen LogP contribution < -0.4 is 4.74 Å². The van der Waals surface area contributed by atoms with Crippen molar-refractivity contribution >= 4 is 18.4 Å². The molecule has 2 rings (SSSR count). The zero-order chi connectivity index (χ0) is 10.1. The van der Waals surface area contributed by atoms with Gasteiger partial charge in [0.1, 0.15) is 18.1 Å². The fraction of sp³-hybridized carbons (Fsp3) is 0.300. The number of phenolic OH excluding ortho intramolecular Hbond substituents is 1. The number of carboxylic acid groups (broad SMARTS) is 1. The Morgan fingerprint density at radius 2 is 2.20 bits per heavy atom. The van der Waals surface area contributed by atoms with Crippen LogP contribution in [0.4, 0.5) is 0 Å². The van der Waals surface area contributed by atoms with Crippen molar-refractivity contribution < 1.29 is 19.7 Å². The Morgan fingerprint density at radius 3 is 2.87 bits per heavy atom. The normalized spacial score (nSPS) is 18.3. The highest BCUT2D eigenvalue weighted by Gasteiger charge is 2.25. The third-order valence-electron chi connectivity index (χ3n) is 2.30. The molecule has 82 valence electrons. The first kappa shape index (κ1) is 11.7. The monoisotopic (exact) mass is 230 g/mol. The molecule has 0 amide bonds. The number of aliphatic carboxylic acids is 1. The number of phenols is 1. The van der Waals surface area contributed by atoms with E-state index in [1.807, 2.05) is 0 Å². The summed E-state index contributed by atoms with van der Waals surface area (Å²) in [6, 6.07) is 4.73. The molecule has 1 aromatic carbocycles. The van der Waals surface area contributed by atoms with Gasteiger partial charge >= 0.3 is 5.97 Å². The number of hydrogen-bond acceptors (Lipinski definition) is 3. The van der Waals surface area contributed by atoms with E-state index in [4.69, 9.17) is 9.84 Å². The van der Waals surface area contributed by atoms with Crippen LogP contribution in [-0.4, -0.2) is 22.8 Å². The van der Waals surface area contributed by atoms with Crippen LogP contribution in [0.2, 0.25) is 0 Å². The molecule has 0 saturated carbocycles. The van der Waals surface area contributed by atoms with Gasteiger partial charge in [0.2, 0.25) is 0 Å². The number of carboxylic acids is 1. The Morgan fingerprint density at radius 1 is 1.47 bits per heavy atom. The fourth-order valence-electron chi connectivity index (χ4n) is 1.54. The van der Waals surface area contributed by atoms with Crippen LogP contribution in [0.5, 0.6) is 11.5 Å². The van der Waals surface area contributed by atoms with Crippen molar-refractivity contribution in [2.24, 2.45) is 5.92 Å². The number of halogens is 1. The highest BCUT2D eigenvalue weighted by Crippen LogP contribution is 2.30. The maximum absolute atomic E-state index is 10.7. The van der Waals surface area contributed by atoms with E-state index in [1.165, 1.54) is 6.07 Å². The summed E-state index contributed by atoms with van der Waals surface area (Å²) in [6.07, 6.45) is 0.416. The lowest BCUT2D eigenvalue weighted by Gasteiger charge is -2.22. The number of carbonyl (C=O) groups is 1. The lowest BCUT2D eigenvalue weighted by molar-refractivity contribution is -0.143. The molecule has 1 aliphatic rings. The third kappa shape index (κ3) is 2.33. The molecule has 1 atom stereocenters. The molecule has 0 spiro atoms. The summed E-state index contributed by atoms with van der Waals surface area (Å²) in [4.78, 5) is 10.7. The topological polar surface area (TPSA) is 66.8 Å². The summed E-state index contributed by atoms with van der Waals surface area (Å²) in [5, 5.41) is 18.0. The molecule has 0 bridgehead atoms. The van der Waals surface area contributed by atoms with Gasteiger partial charge < -0.3 is 14.9 Å². The van der Waals surface area contributed by atoms with Crippen molar-refractivity contribution in [1.29, 1.82) is 0 Å². The van der Waals surface area contributed by atoms with E-state index in [0.717, 1.165) is 5.56 Å². The Bertz CT molecular complexity index is 378. The highest BCUT2D eigenvalue weighted by molar-refractivity contribution is 5.85. The Kier molecular flexibility index (Phi) is 3.42. The first-order valence-corrected chi connectivity index (χ1v) is 4.34. The number of hydrogen-bond donors (Lipinski definition) is 2. The fourth-order valence-corrected chi connectivity index (χ4v) is 1.54. The van der Waals surface area contributed by atoms with Crippen molar-refractivity contribution in [2.45, 2.75) is 6.42 Å². The second-order valence-corrected chi connectivity index (χ2v) is 3.34. The molecule has 1 aliphatic heterocycles. The molecule has 15 heavy (non-hydrogen) atoms. The number of benzene rings is 1. The maximum Gasteiger partial charge on any atom is 0.310 e. The number of rotatable bonds is 1. The average Bonchev–Trinajstić information content (AvgIpc) is 2.16. The molecule has 1 aromatic rings. The smallest absolute Gasteiger partial charge is 0.310 e. The van der Waals surface area contributed by atoms with Gasteiger partial charge in [-0.05, 0) is 30.2 Å². The van der Waals surface area contributed by atoms with Crippen molar-refractivity contribution in [3.05, 3.63) is 23.8 Å². The van der Waals surface area contributed by atoms with Crippen LogP contribution in [0.1, 0.15) is 5.56 Å². The van der Waals surface area contributed by atoms with Gasteiger partial charge in [0, 0.05) is 0 Å². The Hall–Kier alpha value is -1.42. The first-order chi connectivity index (χ1) is 6.66. The summed E-state index contributed by atoms with van der Waals surface area (Å²) in [6.45, 7) is 0.201. The maximum atomic E-state index is 10.7. The van der Waals surface area contributed by atoms with E-state index in [2.05, 4.69) is 0 Å². The van der Waals surface area contributed by atoms with Gasteiger partial charge in [-0.3, -0.25) is 4.79 Å². The van der Waals surface area contributed by atoms with Crippen molar-refractivity contribution in [2.75, 3.05) is 6.61 Å². The second kappa shape index (κ2) is 4.40.